The molecule has 0 radical (unpaired) electrons. The number of hydrogen-bond acceptors (Lipinski definition) is 1. The Labute approximate surface area is 87.5 Å². The van der Waals surface area contributed by atoms with E-state index in [1.54, 1.807) is 0 Å². The number of hydrogen-bond donors (Lipinski definition) is 1. The minimum atomic E-state index is 0.0997. The molecule has 0 aliphatic heterocycles. The minimum Gasteiger partial charge on any atom is -0.356 e. The van der Waals surface area contributed by atoms with Gasteiger partial charge in [-0.25, -0.2) is 0 Å². The highest BCUT2D eigenvalue weighted by molar-refractivity contribution is 5.78. The van der Waals surface area contributed by atoms with Crippen molar-refractivity contribution in [3.63, 3.8) is 0 Å². The van der Waals surface area contributed by atoms with Gasteiger partial charge in [0.25, 0.3) is 0 Å². The smallest absolute Gasteiger partial charge is 0.223 e. The largest absolute Gasteiger partial charge is 0.356 e. The summed E-state index contributed by atoms with van der Waals surface area (Å²) in [5.41, 5.74) is 0. The van der Waals surface area contributed by atoms with E-state index < -0.39 is 0 Å². The van der Waals surface area contributed by atoms with Crippen molar-refractivity contribution in [1.29, 1.82) is 0 Å². The van der Waals surface area contributed by atoms with Crippen LogP contribution in [0.3, 0.4) is 0 Å². The fourth-order valence-electron chi connectivity index (χ4n) is 1.03. The topological polar surface area (TPSA) is 29.1 Å². The van der Waals surface area contributed by atoms with Crippen LogP contribution >= 0.6 is 0 Å². The van der Waals surface area contributed by atoms with Crippen LogP contribution in [0.5, 0.6) is 0 Å². The molecule has 0 saturated carbocycles. The third-order valence-electron chi connectivity index (χ3n) is 2.46. The molecule has 1 N–H and O–H groups in total. The summed E-state index contributed by atoms with van der Waals surface area (Å²) >= 11 is 0. The highest BCUT2D eigenvalue weighted by Crippen LogP contribution is 2.08. The highest BCUT2D eigenvalue weighted by atomic mass is 16.1. The lowest BCUT2D eigenvalue weighted by atomic mass is 9.97. The monoisotopic (exact) mass is 195 g/mol. The average molecular weight is 195 g/mol. The first-order chi connectivity index (χ1) is 6.59. The molecule has 0 fully saturated rings. The molecule has 0 aromatic rings. The summed E-state index contributed by atoms with van der Waals surface area (Å²) in [6.07, 6.45) is 7.89. The maximum Gasteiger partial charge on any atom is 0.223 e. The molecule has 14 heavy (non-hydrogen) atoms. The van der Waals surface area contributed by atoms with Crippen molar-refractivity contribution in [2.45, 2.75) is 40.0 Å². The molecule has 0 rings (SSSR count). The second-order valence-corrected chi connectivity index (χ2v) is 3.98. The third-order valence-corrected chi connectivity index (χ3v) is 2.46. The number of carbonyl (C=O) groups is 1. The molecular formula is C12H21NO. The van der Waals surface area contributed by atoms with Crippen LogP contribution in [0, 0.1) is 24.2 Å². The zero-order chi connectivity index (χ0) is 11.0. The fourth-order valence-corrected chi connectivity index (χ4v) is 1.03. The van der Waals surface area contributed by atoms with Crippen molar-refractivity contribution in [3.05, 3.63) is 0 Å². The molecule has 0 aliphatic carbocycles. The van der Waals surface area contributed by atoms with E-state index in [1.165, 1.54) is 0 Å². The van der Waals surface area contributed by atoms with Crippen LogP contribution < -0.4 is 5.32 Å². The van der Waals surface area contributed by atoms with Crippen molar-refractivity contribution in [3.8, 4) is 12.3 Å². The Hall–Kier alpha value is -0.970. The Kier molecular flexibility index (Phi) is 6.92. The molecule has 0 saturated heterocycles. The Balaban J connectivity index is 3.50. The number of unbranched alkanes of at least 4 members (excludes halogenated alkanes) is 2. The van der Waals surface area contributed by atoms with Gasteiger partial charge in [-0.15, -0.1) is 12.3 Å². The number of carbonyl (C=O) groups excluding carboxylic acids is 1. The molecular weight excluding hydrogens is 174 g/mol. The van der Waals surface area contributed by atoms with Crippen molar-refractivity contribution in [1.82, 2.24) is 5.32 Å². The summed E-state index contributed by atoms with van der Waals surface area (Å²) in [5.74, 6) is 3.24. The van der Waals surface area contributed by atoms with Crippen molar-refractivity contribution in [2.24, 2.45) is 11.8 Å². The first-order valence-electron chi connectivity index (χ1n) is 5.30. The van der Waals surface area contributed by atoms with Crippen molar-refractivity contribution < 1.29 is 4.79 Å². The molecule has 80 valence electrons. The number of terminal acetylenes is 1. The number of amides is 1. The van der Waals surface area contributed by atoms with Crippen LogP contribution in [0.2, 0.25) is 0 Å². The Morgan fingerprint density at radius 1 is 1.36 bits per heavy atom. The van der Waals surface area contributed by atoms with Gasteiger partial charge in [-0.3, -0.25) is 4.79 Å². The fraction of sp³-hybridized carbons (Fsp3) is 0.750. The molecule has 0 aliphatic rings. The van der Waals surface area contributed by atoms with Crippen molar-refractivity contribution in [2.75, 3.05) is 6.54 Å². The molecule has 2 heteroatoms. The highest BCUT2D eigenvalue weighted by Gasteiger charge is 2.15. The number of rotatable bonds is 6. The van der Waals surface area contributed by atoms with E-state index in [0.717, 1.165) is 25.8 Å². The minimum absolute atomic E-state index is 0.0997. The molecule has 0 bridgehead atoms. The van der Waals surface area contributed by atoms with E-state index in [0.29, 0.717) is 5.92 Å². The standard InChI is InChI=1S/C12H21NO/c1-5-6-7-8-9-13-12(14)11(4)10(2)3/h1,10-11H,6-9H2,2-4H3,(H,13,14). The van der Waals surface area contributed by atoms with Crippen LogP contribution in [-0.4, -0.2) is 12.5 Å². The van der Waals surface area contributed by atoms with Gasteiger partial charge in [-0.05, 0) is 18.8 Å². The van der Waals surface area contributed by atoms with Gasteiger partial charge >= 0.3 is 0 Å². The zero-order valence-corrected chi connectivity index (χ0v) is 9.47. The summed E-state index contributed by atoms with van der Waals surface area (Å²) < 4.78 is 0. The molecule has 0 aromatic heterocycles. The first kappa shape index (κ1) is 13.0. The van der Waals surface area contributed by atoms with E-state index >= 15 is 0 Å². The van der Waals surface area contributed by atoms with Gasteiger partial charge in [0.1, 0.15) is 0 Å². The van der Waals surface area contributed by atoms with E-state index in [9.17, 15) is 4.79 Å². The second-order valence-electron chi connectivity index (χ2n) is 3.98. The van der Waals surface area contributed by atoms with Gasteiger partial charge in [0.2, 0.25) is 5.91 Å². The average Bonchev–Trinajstić information content (AvgIpc) is 2.16. The normalized spacial score (nSPS) is 12.2. The molecule has 0 spiro atoms. The Morgan fingerprint density at radius 2 is 2.00 bits per heavy atom. The SMILES string of the molecule is C#CCCCCNC(=O)C(C)C(C)C. The third kappa shape index (κ3) is 5.64. The molecule has 1 atom stereocenters. The van der Waals surface area contributed by atoms with Crippen LogP contribution in [-0.2, 0) is 4.79 Å². The lowest BCUT2D eigenvalue weighted by Gasteiger charge is -2.14. The number of nitrogens with one attached hydrogen (secondary N) is 1. The van der Waals surface area contributed by atoms with Crippen LogP contribution in [0.1, 0.15) is 40.0 Å². The van der Waals surface area contributed by atoms with Crippen LogP contribution in [0.25, 0.3) is 0 Å². The Morgan fingerprint density at radius 3 is 2.50 bits per heavy atom. The van der Waals surface area contributed by atoms with E-state index in [2.05, 4.69) is 25.1 Å². The summed E-state index contributed by atoms with van der Waals surface area (Å²) in [6, 6.07) is 0. The molecule has 1 amide bonds. The van der Waals surface area contributed by atoms with Gasteiger partial charge in [0.15, 0.2) is 0 Å². The summed E-state index contributed by atoms with van der Waals surface area (Å²) in [5, 5.41) is 2.92. The van der Waals surface area contributed by atoms with E-state index in [4.69, 9.17) is 6.42 Å². The zero-order valence-electron chi connectivity index (χ0n) is 9.47. The molecule has 1 unspecified atom stereocenters. The van der Waals surface area contributed by atoms with Crippen LogP contribution in [0.15, 0.2) is 0 Å². The molecule has 0 aromatic carbocycles. The van der Waals surface area contributed by atoms with Crippen molar-refractivity contribution >= 4 is 5.91 Å². The van der Waals surface area contributed by atoms with Gasteiger partial charge in [-0.2, -0.15) is 0 Å². The lowest BCUT2D eigenvalue weighted by Crippen LogP contribution is -2.32. The lowest BCUT2D eigenvalue weighted by molar-refractivity contribution is -0.125. The Bertz CT molecular complexity index is 203. The first-order valence-corrected chi connectivity index (χ1v) is 5.30. The predicted molar refractivity (Wildman–Crippen MR) is 59.7 cm³/mol. The molecule has 2 nitrogen and oxygen atoms in total. The summed E-state index contributed by atoms with van der Waals surface area (Å²) in [4.78, 5) is 11.5. The van der Waals surface area contributed by atoms with Gasteiger partial charge < -0.3 is 5.32 Å². The summed E-state index contributed by atoms with van der Waals surface area (Å²) in [7, 11) is 0. The maximum absolute atomic E-state index is 11.5. The quantitative estimate of drug-likeness (QED) is 0.511. The summed E-state index contributed by atoms with van der Waals surface area (Å²) in [6.45, 7) is 6.82. The van der Waals surface area contributed by atoms with Gasteiger partial charge in [0.05, 0.1) is 0 Å². The molecule has 0 heterocycles. The van der Waals surface area contributed by atoms with E-state index in [-0.39, 0.29) is 11.8 Å². The van der Waals surface area contributed by atoms with E-state index in [1.807, 2.05) is 6.92 Å². The van der Waals surface area contributed by atoms with Gasteiger partial charge in [0, 0.05) is 18.9 Å². The predicted octanol–water partition coefficient (Wildman–Crippen LogP) is 2.20. The second kappa shape index (κ2) is 7.44. The maximum atomic E-state index is 11.5. The van der Waals surface area contributed by atoms with Crippen LogP contribution in [0.4, 0.5) is 0 Å². The van der Waals surface area contributed by atoms with Gasteiger partial charge in [-0.1, -0.05) is 20.8 Å².